The first-order valence-corrected chi connectivity index (χ1v) is 10.4. The molecule has 35 heavy (non-hydrogen) atoms. The van der Waals surface area contributed by atoms with Gasteiger partial charge in [0.15, 0.2) is 0 Å². The van der Waals surface area contributed by atoms with Gasteiger partial charge in [0.1, 0.15) is 19.0 Å². The van der Waals surface area contributed by atoms with Gasteiger partial charge in [0, 0.05) is 30.6 Å². The summed E-state index contributed by atoms with van der Waals surface area (Å²) in [4.78, 5) is 40.0. The quantitative estimate of drug-likeness (QED) is 0.193. The predicted octanol–water partition coefficient (Wildman–Crippen LogP) is 3.54. The number of esters is 1. The van der Waals surface area contributed by atoms with Gasteiger partial charge in [-0.3, -0.25) is 0 Å². The van der Waals surface area contributed by atoms with Gasteiger partial charge in [0.2, 0.25) is 12.4 Å². The summed E-state index contributed by atoms with van der Waals surface area (Å²) < 4.78 is 60.1. The summed E-state index contributed by atoms with van der Waals surface area (Å²) in [5.74, 6) is -1.49. The number of rotatable bonds is 10. The number of halogens is 4. The molecule has 0 fully saturated rings. The zero-order valence-corrected chi connectivity index (χ0v) is 19.6. The van der Waals surface area contributed by atoms with Crippen LogP contribution in [0.1, 0.15) is 18.1 Å². The summed E-state index contributed by atoms with van der Waals surface area (Å²) in [6.45, 7) is 2.61. The predicted molar refractivity (Wildman–Crippen MR) is 113 cm³/mol. The highest BCUT2D eigenvalue weighted by Crippen LogP contribution is 2.40. The molecular formula is C20H22ClF3N2O9. The maximum atomic E-state index is 13.6. The van der Waals surface area contributed by atoms with Crippen molar-refractivity contribution in [3.05, 3.63) is 44.0 Å². The molecule has 2 unspecified atom stereocenters. The van der Waals surface area contributed by atoms with Crippen molar-refractivity contribution in [3.8, 4) is 5.75 Å². The van der Waals surface area contributed by atoms with Gasteiger partial charge in [-0.15, -0.1) is 10.1 Å². The van der Waals surface area contributed by atoms with Crippen LogP contribution >= 0.6 is 11.6 Å². The Kier molecular flexibility index (Phi) is 9.54. The van der Waals surface area contributed by atoms with Crippen LogP contribution in [0.2, 0.25) is 5.02 Å². The van der Waals surface area contributed by atoms with Gasteiger partial charge in [-0.25, -0.2) is 9.59 Å². The SMILES string of the molecule is Cc1cc(Cl)cc2c1OC(C(F)(F)F)C(C(=O)OC(C)OC(=O)OCCN(C)CCO[N+](=O)[O-])=C2. The van der Waals surface area contributed by atoms with Gasteiger partial charge in [-0.2, -0.15) is 13.2 Å². The van der Waals surface area contributed by atoms with E-state index in [1.807, 2.05) is 0 Å². The Hall–Kier alpha value is -3.26. The van der Waals surface area contributed by atoms with E-state index in [0.717, 1.165) is 13.0 Å². The van der Waals surface area contributed by atoms with E-state index in [9.17, 15) is 32.9 Å². The second-order valence-electron chi connectivity index (χ2n) is 7.33. The van der Waals surface area contributed by atoms with E-state index in [1.165, 1.54) is 19.1 Å². The average molecular weight is 527 g/mol. The molecule has 1 aromatic rings. The van der Waals surface area contributed by atoms with Crippen LogP contribution < -0.4 is 4.74 Å². The minimum atomic E-state index is -4.94. The third-order valence-corrected chi connectivity index (χ3v) is 4.75. The molecule has 1 aliphatic rings. The van der Waals surface area contributed by atoms with E-state index in [-0.39, 0.29) is 42.6 Å². The number of hydrogen-bond acceptors (Lipinski definition) is 10. The van der Waals surface area contributed by atoms with Gasteiger partial charge in [-0.1, -0.05) is 11.6 Å². The Bertz CT molecular complexity index is 987. The van der Waals surface area contributed by atoms with Crippen LogP contribution in [0.5, 0.6) is 5.75 Å². The monoisotopic (exact) mass is 526 g/mol. The fraction of sp³-hybridized carbons (Fsp3) is 0.500. The molecule has 15 heteroatoms. The first-order chi connectivity index (χ1) is 16.3. The summed E-state index contributed by atoms with van der Waals surface area (Å²) in [7, 11) is 1.59. The molecule has 0 amide bonds. The van der Waals surface area contributed by atoms with E-state index >= 15 is 0 Å². The molecule has 0 N–H and O–H groups in total. The highest BCUT2D eigenvalue weighted by molar-refractivity contribution is 6.30. The van der Waals surface area contributed by atoms with Crippen LogP contribution in [0.3, 0.4) is 0 Å². The maximum Gasteiger partial charge on any atom is 0.511 e. The third-order valence-electron chi connectivity index (χ3n) is 4.53. The number of ether oxygens (including phenoxy) is 4. The number of hydrogen-bond donors (Lipinski definition) is 0. The van der Waals surface area contributed by atoms with Gasteiger partial charge in [-0.05, 0) is 37.7 Å². The highest BCUT2D eigenvalue weighted by atomic mass is 35.5. The number of benzene rings is 1. The fourth-order valence-corrected chi connectivity index (χ4v) is 3.22. The summed E-state index contributed by atoms with van der Waals surface area (Å²) in [6.07, 6.45) is -9.40. The van der Waals surface area contributed by atoms with Crippen molar-refractivity contribution in [2.24, 2.45) is 0 Å². The summed E-state index contributed by atoms with van der Waals surface area (Å²) >= 11 is 5.94. The lowest BCUT2D eigenvalue weighted by Crippen LogP contribution is -2.41. The largest absolute Gasteiger partial charge is 0.511 e. The van der Waals surface area contributed by atoms with Gasteiger partial charge >= 0.3 is 18.3 Å². The Morgan fingerprint density at radius 1 is 1.26 bits per heavy atom. The van der Waals surface area contributed by atoms with Crippen LogP contribution in [0.25, 0.3) is 6.08 Å². The zero-order valence-electron chi connectivity index (χ0n) is 18.8. The van der Waals surface area contributed by atoms with Crippen molar-refractivity contribution in [2.45, 2.75) is 32.4 Å². The van der Waals surface area contributed by atoms with Crippen LogP contribution in [0.4, 0.5) is 18.0 Å². The number of fused-ring (bicyclic) bond motifs is 1. The summed E-state index contributed by atoms with van der Waals surface area (Å²) in [5, 5.41) is 9.38. The Labute approximate surface area is 202 Å². The number of carbonyl (C=O) groups excluding carboxylic acids is 2. The average Bonchev–Trinajstić information content (AvgIpc) is 2.71. The fourth-order valence-electron chi connectivity index (χ4n) is 2.94. The molecule has 2 rings (SSSR count). The first kappa shape index (κ1) is 28.0. The molecule has 194 valence electrons. The van der Waals surface area contributed by atoms with Crippen LogP contribution in [0, 0.1) is 17.0 Å². The van der Waals surface area contributed by atoms with Crippen LogP contribution in [-0.4, -0.2) is 74.0 Å². The van der Waals surface area contributed by atoms with Crippen molar-refractivity contribution in [2.75, 3.05) is 33.4 Å². The number of aryl methyl sites for hydroxylation is 1. The second kappa shape index (κ2) is 11.9. The molecule has 11 nitrogen and oxygen atoms in total. The minimum absolute atomic E-state index is 0.0731. The molecule has 0 saturated carbocycles. The number of nitrogens with zero attached hydrogens (tertiary/aromatic N) is 2. The number of likely N-dealkylation sites (N-methyl/N-ethyl adjacent to an activating group) is 1. The standard InChI is InChI=1S/C20H22ClF3N2O9/c1-11-8-14(21)9-13-10-15(17(20(22,23)24)35-16(11)13)18(27)33-12(2)34-19(28)31-6-4-25(3)5-7-32-26(29)30/h8-10,12,17H,4-7H2,1-3H3. The molecule has 0 saturated heterocycles. The second-order valence-corrected chi connectivity index (χ2v) is 7.77. The van der Waals surface area contributed by atoms with Crippen molar-refractivity contribution in [1.82, 2.24) is 4.90 Å². The van der Waals surface area contributed by atoms with Crippen molar-refractivity contribution in [1.29, 1.82) is 0 Å². The van der Waals surface area contributed by atoms with E-state index < -0.39 is 41.4 Å². The minimum Gasteiger partial charge on any atom is -0.475 e. The van der Waals surface area contributed by atoms with Gasteiger partial charge < -0.3 is 28.7 Å². The van der Waals surface area contributed by atoms with Gasteiger partial charge in [0.25, 0.3) is 5.09 Å². The zero-order chi connectivity index (χ0) is 26.3. The molecule has 1 heterocycles. The molecule has 0 spiro atoms. The summed E-state index contributed by atoms with van der Waals surface area (Å²) in [5.41, 5.74) is -0.349. The van der Waals surface area contributed by atoms with E-state index in [0.29, 0.717) is 5.56 Å². The molecule has 1 aliphatic heterocycles. The number of alkyl halides is 3. The molecular weight excluding hydrogens is 505 g/mol. The van der Waals surface area contributed by atoms with Crippen molar-refractivity contribution < 1.29 is 51.6 Å². The lowest BCUT2D eigenvalue weighted by molar-refractivity contribution is -0.757. The Morgan fingerprint density at radius 2 is 1.91 bits per heavy atom. The number of carbonyl (C=O) groups is 2. The van der Waals surface area contributed by atoms with Crippen LogP contribution in [0.15, 0.2) is 17.7 Å². The third kappa shape index (κ3) is 8.47. The molecule has 0 bridgehead atoms. The van der Waals surface area contributed by atoms with Crippen molar-refractivity contribution >= 4 is 29.8 Å². The molecule has 0 aliphatic carbocycles. The lowest BCUT2D eigenvalue weighted by Gasteiger charge is -2.29. The molecule has 0 aromatic heterocycles. The van der Waals surface area contributed by atoms with E-state index in [2.05, 4.69) is 4.84 Å². The molecule has 1 aromatic carbocycles. The molecule has 2 atom stereocenters. The normalized spacial score (nSPS) is 15.9. The van der Waals surface area contributed by atoms with E-state index in [1.54, 1.807) is 11.9 Å². The first-order valence-electron chi connectivity index (χ1n) is 10.0. The highest BCUT2D eigenvalue weighted by Gasteiger charge is 2.49. The lowest BCUT2D eigenvalue weighted by atomic mass is 9.99. The Morgan fingerprint density at radius 3 is 2.54 bits per heavy atom. The van der Waals surface area contributed by atoms with E-state index in [4.69, 9.17) is 30.5 Å². The molecule has 0 radical (unpaired) electrons. The maximum absolute atomic E-state index is 13.6. The van der Waals surface area contributed by atoms with Gasteiger partial charge in [0.05, 0.1) is 5.57 Å². The summed E-state index contributed by atoms with van der Waals surface area (Å²) in [6, 6.07) is 2.76. The van der Waals surface area contributed by atoms with Crippen molar-refractivity contribution in [3.63, 3.8) is 0 Å². The topological polar surface area (TPSA) is 127 Å². The van der Waals surface area contributed by atoms with Crippen LogP contribution in [-0.2, 0) is 23.8 Å². The smallest absolute Gasteiger partial charge is 0.475 e. The Balaban J connectivity index is 1.94.